The van der Waals surface area contributed by atoms with Gasteiger partial charge in [-0.2, -0.15) is 0 Å². The van der Waals surface area contributed by atoms with Crippen molar-refractivity contribution in [1.82, 2.24) is 0 Å². The van der Waals surface area contributed by atoms with Gasteiger partial charge >= 0.3 is 0 Å². The zero-order chi connectivity index (χ0) is 8.69. The van der Waals surface area contributed by atoms with Crippen molar-refractivity contribution in [3.8, 4) is 0 Å². The number of rotatable bonds is 5. The molecule has 0 saturated carbocycles. The van der Waals surface area contributed by atoms with Crippen LogP contribution < -0.4 is 5.73 Å². The normalized spacial score (nSPS) is 17.1. The molecule has 0 saturated heterocycles. The molecular weight excluding hydrogens is 142 g/mol. The van der Waals surface area contributed by atoms with Crippen LogP contribution in [0.1, 0.15) is 13.3 Å². The van der Waals surface area contributed by atoms with Crippen LogP contribution in [0.15, 0.2) is 12.2 Å². The summed E-state index contributed by atoms with van der Waals surface area (Å²) in [5, 5.41) is 9.29. The van der Waals surface area contributed by atoms with Crippen LogP contribution in [0.3, 0.4) is 0 Å². The summed E-state index contributed by atoms with van der Waals surface area (Å²) in [5.41, 5.74) is 5.54. The van der Waals surface area contributed by atoms with Gasteiger partial charge in [-0.25, -0.2) is 0 Å². The summed E-state index contributed by atoms with van der Waals surface area (Å²) < 4.78 is 4.79. The van der Waals surface area contributed by atoms with Gasteiger partial charge in [0, 0.05) is 7.11 Å². The van der Waals surface area contributed by atoms with Crippen molar-refractivity contribution in [2.24, 2.45) is 5.73 Å². The SMILES string of the molecule is CCC=CC(O)C(N)COC. The van der Waals surface area contributed by atoms with Gasteiger partial charge < -0.3 is 15.6 Å². The Labute approximate surface area is 67.9 Å². The van der Waals surface area contributed by atoms with Gasteiger partial charge in [-0.05, 0) is 6.42 Å². The van der Waals surface area contributed by atoms with E-state index in [0.717, 1.165) is 6.42 Å². The molecule has 2 unspecified atom stereocenters. The quantitative estimate of drug-likeness (QED) is 0.567. The molecule has 3 heteroatoms. The van der Waals surface area contributed by atoms with Crippen molar-refractivity contribution in [3.63, 3.8) is 0 Å². The van der Waals surface area contributed by atoms with Crippen LogP contribution in [0.5, 0.6) is 0 Å². The van der Waals surface area contributed by atoms with Crippen molar-refractivity contribution in [2.75, 3.05) is 13.7 Å². The number of nitrogens with two attached hydrogens (primary N) is 1. The van der Waals surface area contributed by atoms with E-state index in [1.165, 1.54) is 0 Å². The second-order valence-corrected chi connectivity index (χ2v) is 2.45. The van der Waals surface area contributed by atoms with Gasteiger partial charge in [-0.15, -0.1) is 0 Å². The van der Waals surface area contributed by atoms with E-state index in [0.29, 0.717) is 6.61 Å². The molecular formula is C8H17NO2. The number of hydrogen-bond acceptors (Lipinski definition) is 3. The van der Waals surface area contributed by atoms with E-state index in [1.54, 1.807) is 13.2 Å². The molecule has 0 amide bonds. The predicted octanol–water partition coefficient (Wildman–Crippen LogP) is 0.287. The van der Waals surface area contributed by atoms with Crippen LogP contribution in [-0.4, -0.2) is 31.0 Å². The largest absolute Gasteiger partial charge is 0.387 e. The lowest BCUT2D eigenvalue weighted by Crippen LogP contribution is -2.37. The molecule has 2 atom stereocenters. The van der Waals surface area contributed by atoms with Gasteiger partial charge in [0.25, 0.3) is 0 Å². The highest BCUT2D eigenvalue weighted by Gasteiger charge is 2.09. The molecule has 0 radical (unpaired) electrons. The van der Waals surface area contributed by atoms with Gasteiger partial charge in [-0.1, -0.05) is 19.1 Å². The minimum atomic E-state index is -0.588. The minimum absolute atomic E-state index is 0.317. The Morgan fingerprint density at radius 1 is 1.64 bits per heavy atom. The van der Waals surface area contributed by atoms with Crippen LogP contribution in [0, 0.1) is 0 Å². The molecule has 0 aliphatic rings. The Morgan fingerprint density at radius 3 is 2.73 bits per heavy atom. The predicted molar refractivity (Wildman–Crippen MR) is 45.3 cm³/mol. The third-order valence-corrected chi connectivity index (χ3v) is 1.37. The van der Waals surface area contributed by atoms with Crippen LogP contribution >= 0.6 is 0 Å². The Kier molecular flexibility index (Phi) is 6.12. The maximum atomic E-state index is 9.29. The second-order valence-electron chi connectivity index (χ2n) is 2.45. The summed E-state index contributed by atoms with van der Waals surface area (Å²) in [4.78, 5) is 0. The molecule has 3 nitrogen and oxygen atoms in total. The molecule has 0 aromatic carbocycles. The third kappa shape index (κ3) is 4.95. The van der Waals surface area contributed by atoms with Crippen LogP contribution in [0.4, 0.5) is 0 Å². The molecule has 0 rings (SSSR count). The summed E-state index contributed by atoms with van der Waals surface area (Å²) in [6.07, 6.45) is 3.91. The van der Waals surface area contributed by atoms with Crippen molar-refractivity contribution >= 4 is 0 Å². The molecule has 66 valence electrons. The highest BCUT2D eigenvalue weighted by Crippen LogP contribution is 1.94. The number of hydrogen-bond donors (Lipinski definition) is 2. The first-order valence-electron chi connectivity index (χ1n) is 3.81. The monoisotopic (exact) mass is 159 g/mol. The van der Waals surface area contributed by atoms with Crippen molar-refractivity contribution in [3.05, 3.63) is 12.2 Å². The van der Waals surface area contributed by atoms with Crippen molar-refractivity contribution in [1.29, 1.82) is 0 Å². The second kappa shape index (κ2) is 6.34. The molecule has 3 N–H and O–H groups in total. The number of aliphatic hydroxyl groups excluding tert-OH is 1. The molecule has 0 aliphatic heterocycles. The fourth-order valence-corrected chi connectivity index (χ4v) is 0.709. The highest BCUT2D eigenvalue weighted by molar-refractivity contribution is 4.93. The molecule has 0 aromatic heterocycles. The summed E-state index contributed by atoms with van der Waals surface area (Å²) in [5.74, 6) is 0. The minimum Gasteiger partial charge on any atom is -0.387 e. The summed E-state index contributed by atoms with van der Waals surface area (Å²) in [6, 6.07) is -0.317. The lowest BCUT2D eigenvalue weighted by molar-refractivity contribution is 0.113. The van der Waals surface area contributed by atoms with Gasteiger partial charge in [0.2, 0.25) is 0 Å². The Hall–Kier alpha value is -0.380. The Bertz CT molecular complexity index is 115. The molecule has 0 bridgehead atoms. The van der Waals surface area contributed by atoms with Gasteiger partial charge in [0.1, 0.15) is 0 Å². The van der Waals surface area contributed by atoms with E-state index in [1.807, 2.05) is 13.0 Å². The first-order chi connectivity index (χ1) is 5.22. The average Bonchev–Trinajstić information content (AvgIpc) is 2.00. The molecule has 0 spiro atoms. The number of allylic oxidation sites excluding steroid dienone is 1. The summed E-state index contributed by atoms with van der Waals surface area (Å²) >= 11 is 0. The van der Waals surface area contributed by atoms with E-state index < -0.39 is 6.10 Å². The number of ether oxygens (including phenoxy) is 1. The topological polar surface area (TPSA) is 55.5 Å². The van der Waals surface area contributed by atoms with E-state index in [2.05, 4.69) is 0 Å². The maximum absolute atomic E-state index is 9.29. The zero-order valence-electron chi connectivity index (χ0n) is 7.16. The Balaban J connectivity index is 3.62. The molecule has 0 heterocycles. The van der Waals surface area contributed by atoms with Crippen molar-refractivity contribution in [2.45, 2.75) is 25.5 Å². The zero-order valence-corrected chi connectivity index (χ0v) is 7.16. The standard InChI is InChI=1S/C8H17NO2/c1-3-4-5-8(10)7(9)6-11-2/h4-5,7-8,10H,3,6,9H2,1-2H3. The molecule has 0 aromatic rings. The number of aliphatic hydroxyl groups is 1. The van der Waals surface area contributed by atoms with E-state index in [9.17, 15) is 5.11 Å². The molecule has 0 aliphatic carbocycles. The molecule has 0 fully saturated rings. The van der Waals surface area contributed by atoms with E-state index in [4.69, 9.17) is 10.5 Å². The lowest BCUT2D eigenvalue weighted by Gasteiger charge is -2.13. The fraction of sp³-hybridized carbons (Fsp3) is 0.750. The van der Waals surface area contributed by atoms with Gasteiger partial charge in [-0.3, -0.25) is 0 Å². The van der Waals surface area contributed by atoms with Crippen LogP contribution in [0.2, 0.25) is 0 Å². The van der Waals surface area contributed by atoms with E-state index >= 15 is 0 Å². The number of methoxy groups -OCH3 is 1. The average molecular weight is 159 g/mol. The third-order valence-electron chi connectivity index (χ3n) is 1.37. The van der Waals surface area contributed by atoms with Gasteiger partial charge in [0.05, 0.1) is 18.8 Å². The molecule has 11 heavy (non-hydrogen) atoms. The summed E-state index contributed by atoms with van der Waals surface area (Å²) in [7, 11) is 1.57. The van der Waals surface area contributed by atoms with Crippen molar-refractivity contribution < 1.29 is 9.84 Å². The van der Waals surface area contributed by atoms with Crippen LogP contribution in [0.25, 0.3) is 0 Å². The maximum Gasteiger partial charge on any atom is 0.0894 e. The first-order valence-corrected chi connectivity index (χ1v) is 3.81. The summed E-state index contributed by atoms with van der Waals surface area (Å²) in [6.45, 7) is 2.39. The lowest BCUT2D eigenvalue weighted by atomic mass is 10.1. The fourth-order valence-electron chi connectivity index (χ4n) is 0.709. The highest BCUT2D eigenvalue weighted by atomic mass is 16.5. The smallest absolute Gasteiger partial charge is 0.0894 e. The first kappa shape index (κ1) is 10.6. The van der Waals surface area contributed by atoms with Crippen LogP contribution in [-0.2, 0) is 4.74 Å². The van der Waals surface area contributed by atoms with Gasteiger partial charge in [0.15, 0.2) is 0 Å². The Morgan fingerprint density at radius 2 is 2.27 bits per heavy atom. The van der Waals surface area contributed by atoms with E-state index in [-0.39, 0.29) is 6.04 Å².